The zero-order valence-corrected chi connectivity index (χ0v) is 12.8. The van der Waals surface area contributed by atoms with Gasteiger partial charge < -0.3 is 10.1 Å². The molecule has 0 fully saturated rings. The summed E-state index contributed by atoms with van der Waals surface area (Å²) in [5.74, 6) is 0.293. The van der Waals surface area contributed by atoms with Crippen LogP contribution in [0.25, 0.3) is 0 Å². The highest BCUT2D eigenvalue weighted by Gasteiger charge is 2.08. The first-order chi connectivity index (χ1) is 8.49. The van der Waals surface area contributed by atoms with Gasteiger partial charge in [0.25, 0.3) is 0 Å². The van der Waals surface area contributed by atoms with E-state index in [0.717, 1.165) is 23.9 Å². The first-order valence-corrected chi connectivity index (χ1v) is 7.13. The highest BCUT2D eigenvalue weighted by molar-refractivity contribution is 9.10. The number of ether oxygens (including phenoxy) is 1. The molecule has 1 unspecified atom stereocenters. The van der Waals surface area contributed by atoms with Gasteiger partial charge in [0.2, 0.25) is 0 Å². The molecule has 0 aliphatic carbocycles. The van der Waals surface area contributed by atoms with Crippen molar-refractivity contribution in [2.45, 2.75) is 45.8 Å². The summed E-state index contributed by atoms with van der Waals surface area (Å²) in [6, 6.07) is 5.00. The van der Waals surface area contributed by atoms with Crippen LogP contribution in [0.4, 0.5) is 4.39 Å². The molecule has 0 aliphatic rings. The smallest absolute Gasteiger partial charge is 0.136 e. The Kier molecular flexibility index (Phi) is 6.65. The molecule has 2 nitrogen and oxygen atoms in total. The van der Waals surface area contributed by atoms with E-state index in [4.69, 9.17) is 4.74 Å². The van der Waals surface area contributed by atoms with Crippen molar-refractivity contribution >= 4 is 15.9 Å². The van der Waals surface area contributed by atoms with Crippen LogP contribution >= 0.6 is 15.9 Å². The summed E-state index contributed by atoms with van der Waals surface area (Å²) >= 11 is 3.36. The van der Waals surface area contributed by atoms with E-state index in [9.17, 15) is 4.39 Å². The fraction of sp³-hybridized carbons (Fsp3) is 0.571. The first kappa shape index (κ1) is 15.4. The molecular weight excluding hydrogens is 297 g/mol. The summed E-state index contributed by atoms with van der Waals surface area (Å²) in [6.45, 7) is 7.25. The Morgan fingerprint density at radius 3 is 2.72 bits per heavy atom. The van der Waals surface area contributed by atoms with E-state index in [2.05, 4.69) is 35.1 Å². The predicted octanol–water partition coefficient (Wildman–Crippen LogP) is 4.13. The van der Waals surface area contributed by atoms with Crippen molar-refractivity contribution in [1.29, 1.82) is 0 Å². The Balaban J connectivity index is 2.35. The second-order valence-electron chi connectivity index (χ2n) is 4.75. The molecule has 0 saturated carbocycles. The summed E-state index contributed by atoms with van der Waals surface area (Å²) in [7, 11) is 0. The lowest BCUT2D eigenvalue weighted by atomic mass is 10.2. The second-order valence-corrected chi connectivity index (χ2v) is 5.61. The lowest BCUT2D eigenvalue weighted by Gasteiger charge is -2.16. The number of benzene rings is 1. The van der Waals surface area contributed by atoms with Gasteiger partial charge in [-0.3, -0.25) is 0 Å². The van der Waals surface area contributed by atoms with Gasteiger partial charge in [-0.1, -0.05) is 13.8 Å². The average Bonchev–Trinajstić information content (AvgIpc) is 2.29. The van der Waals surface area contributed by atoms with Crippen LogP contribution in [0, 0.1) is 5.82 Å². The number of nitrogens with one attached hydrogen (secondary N) is 1. The number of rotatable bonds is 7. The minimum absolute atomic E-state index is 0.0806. The summed E-state index contributed by atoms with van der Waals surface area (Å²) in [4.78, 5) is 0. The standard InChI is InChI=1S/C14H21BrFNO/c1-10(2)17-8-4-5-11(3)18-14-9-12(16)6-7-13(14)15/h6-7,9-11,17H,4-5,8H2,1-3H3. The van der Waals surface area contributed by atoms with Crippen molar-refractivity contribution in [2.24, 2.45) is 0 Å². The van der Waals surface area contributed by atoms with Crippen LogP contribution < -0.4 is 10.1 Å². The molecule has 1 rings (SSSR count). The minimum atomic E-state index is -0.276. The Labute approximate surface area is 117 Å². The van der Waals surface area contributed by atoms with Gasteiger partial charge in [-0.05, 0) is 54.4 Å². The van der Waals surface area contributed by atoms with Crippen LogP contribution in [-0.4, -0.2) is 18.7 Å². The molecule has 102 valence electrons. The molecule has 4 heteroatoms. The van der Waals surface area contributed by atoms with Crippen LogP contribution in [0.2, 0.25) is 0 Å². The molecule has 0 saturated heterocycles. The highest BCUT2D eigenvalue weighted by Crippen LogP contribution is 2.27. The number of hydrogen-bond acceptors (Lipinski definition) is 2. The summed E-state index contributed by atoms with van der Waals surface area (Å²) in [6.07, 6.45) is 2.08. The molecule has 1 atom stereocenters. The van der Waals surface area contributed by atoms with Gasteiger partial charge in [0.05, 0.1) is 10.6 Å². The van der Waals surface area contributed by atoms with Crippen molar-refractivity contribution in [2.75, 3.05) is 6.54 Å². The third kappa shape index (κ3) is 5.83. The monoisotopic (exact) mass is 317 g/mol. The SMILES string of the molecule is CC(C)NCCCC(C)Oc1cc(F)ccc1Br. The molecule has 0 amide bonds. The zero-order chi connectivity index (χ0) is 13.5. The largest absolute Gasteiger partial charge is 0.489 e. The molecule has 1 N–H and O–H groups in total. The van der Waals surface area contributed by atoms with E-state index in [1.54, 1.807) is 6.07 Å². The molecule has 1 aromatic rings. The lowest BCUT2D eigenvalue weighted by Crippen LogP contribution is -2.25. The summed E-state index contributed by atoms with van der Waals surface area (Å²) in [5, 5.41) is 3.36. The van der Waals surface area contributed by atoms with Crippen LogP contribution in [0.15, 0.2) is 22.7 Å². The molecule has 0 radical (unpaired) electrons. The van der Waals surface area contributed by atoms with Gasteiger partial charge in [-0.15, -0.1) is 0 Å². The van der Waals surface area contributed by atoms with Crippen LogP contribution in [0.5, 0.6) is 5.75 Å². The Morgan fingerprint density at radius 1 is 1.33 bits per heavy atom. The number of hydrogen-bond donors (Lipinski definition) is 1. The minimum Gasteiger partial charge on any atom is -0.489 e. The molecule has 0 aliphatic heterocycles. The molecule has 0 aromatic heterocycles. The van der Waals surface area contributed by atoms with Gasteiger partial charge in [-0.2, -0.15) is 0 Å². The fourth-order valence-corrected chi connectivity index (χ4v) is 1.96. The summed E-state index contributed by atoms with van der Waals surface area (Å²) in [5.41, 5.74) is 0. The highest BCUT2D eigenvalue weighted by atomic mass is 79.9. The molecule has 18 heavy (non-hydrogen) atoms. The van der Waals surface area contributed by atoms with Gasteiger partial charge in [-0.25, -0.2) is 4.39 Å². The van der Waals surface area contributed by atoms with Crippen molar-refractivity contribution < 1.29 is 9.13 Å². The van der Waals surface area contributed by atoms with Gasteiger partial charge in [0, 0.05) is 12.1 Å². The molecule has 1 aromatic carbocycles. The van der Waals surface area contributed by atoms with E-state index in [1.165, 1.54) is 12.1 Å². The molecule has 0 spiro atoms. The third-order valence-corrected chi connectivity index (χ3v) is 3.22. The lowest BCUT2D eigenvalue weighted by molar-refractivity contribution is 0.205. The quantitative estimate of drug-likeness (QED) is 0.763. The average molecular weight is 318 g/mol. The predicted molar refractivity (Wildman–Crippen MR) is 76.6 cm³/mol. The maximum absolute atomic E-state index is 13.1. The van der Waals surface area contributed by atoms with E-state index in [-0.39, 0.29) is 11.9 Å². The molecular formula is C14H21BrFNO. The van der Waals surface area contributed by atoms with E-state index in [1.807, 2.05) is 6.92 Å². The maximum Gasteiger partial charge on any atom is 0.136 e. The van der Waals surface area contributed by atoms with Crippen LogP contribution in [0.3, 0.4) is 0 Å². The maximum atomic E-state index is 13.1. The first-order valence-electron chi connectivity index (χ1n) is 6.34. The normalized spacial score (nSPS) is 12.8. The second kappa shape index (κ2) is 7.74. The Bertz CT molecular complexity index is 371. The van der Waals surface area contributed by atoms with Crippen molar-refractivity contribution in [3.63, 3.8) is 0 Å². The van der Waals surface area contributed by atoms with Crippen molar-refractivity contribution in [1.82, 2.24) is 5.32 Å². The number of halogens is 2. The summed E-state index contributed by atoms with van der Waals surface area (Å²) < 4.78 is 19.6. The van der Waals surface area contributed by atoms with Crippen molar-refractivity contribution in [3.8, 4) is 5.75 Å². The van der Waals surface area contributed by atoms with E-state index in [0.29, 0.717) is 11.8 Å². The Hall–Kier alpha value is -0.610. The van der Waals surface area contributed by atoms with E-state index < -0.39 is 0 Å². The molecule has 0 bridgehead atoms. The zero-order valence-electron chi connectivity index (χ0n) is 11.2. The van der Waals surface area contributed by atoms with Gasteiger partial charge in [0.1, 0.15) is 11.6 Å². The van der Waals surface area contributed by atoms with Gasteiger partial charge in [0.15, 0.2) is 0 Å². The topological polar surface area (TPSA) is 21.3 Å². The van der Waals surface area contributed by atoms with Crippen LogP contribution in [0.1, 0.15) is 33.6 Å². The third-order valence-electron chi connectivity index (χ3n) is 2.56. The fourth-order valence-electron chi connectivity index (χ4n) is 1.62. The van der Waals surface area contributed by atoms with E-state index >= 15 is 0 Å². The van der Waals surface area contributed by atoms with Crippen LogP contribution in [-0.2, 0) is 0 Å². The van der Waals surface area contributed by atoms with Gasteiger partial charge >= 0.3 is 0 Å². The molecule has 0 heterocycles. The Morgan fingerprint density at radius 2 is 2.06 bits per heavy atom. The van der Waals surface area contributed by atoms with Crippen molar-refractivity contribution in [3.05, 3.63) is 28.5 Å².